The van der Waals surface area contributed by atoms with E-state index >= 15 is 0 Å². The number of nitrogens with one attached hydrogen (secondary N) is 3. The van der Waals surface area contributed by atoms with Crippen molar-refractivity contribution >= 4 is 11.9 Å². The van der Waals surface area contributed by atoms with Crippen LogP contribution in [-0.2, 0) is 6.54 Å². The highest BCUT2D eigenvalue weighted by atomic mass is 16.1. The lowest BCUT2D eigenvalue weighted by Gasteiger charge is -2.16. The Labute approximate surface area is 145 Å². The van der Waals surface area contributed by atoms with Crippen LogP contribution in [0.25, 0.3) is 0 Å². The first kappa shape index (κ1) is 18.3. The number of aliphatic imine (C=N–C) groups is 1. The fraction of sp³-hybridized carbons (Fsp3) is 0.579. The van der Waals surface area contributed by atoms with Gasteiger partial charge in [0.2, 0.25) is 0 Å². The van der Waals surface area contributed by atoms with Crippen molar-refractivity contribution in [1.29, 1.82) is 0 Å². The highest BCUT2D eigenvalue weighted by Crippen LogP contribution is 2.17. The molecule has 0 unspecified atom stereocenters. The Balaban J connectivity index is 1.98. The van der Waals surface area contributed by atoms with E-state index in [0.29, 0.717) is 24.7 Å². The molecular formula is C19H30N4O. The molecule has 0 atom stereocenters. The molecule has 0 radical (unpaired) electrons. The van der Waals surface area contributed by atoms with Crippen LogP contribution in [0.15, 0.2) is 29.3 Å². The minimum absolute atomic E-state index is 0.0151. The first-order chi connectivity index (χ1) is 11.7. The summed E-state index contributed by atoms with van der Waals surface area (Å²) in [5, 5.41) is 9.73. The Morgan fingerprint density at radius 1 is 1.21 bits per heavy atom. The zero-order valence-corrected chi connectivity index (χ0v) is 14.9. The maximum Gasteiger partial charge on any atom is 0.251 e. The molecule has 2 rings (SSSR count). The highest BCUT2D eigenvalue weighted by Gasteiger charge is 2.15. The SMILES string of the molecule is CCCNC(=O)c1cccc(CN=C(NCC)NC2CCCC2)c1. The fourth-order valence-electron chi connectivity index (χ4n) is 2.91. The summed E-state index contributed by atoms with van der Waals surface area (Å²) in [7, 11) is 0. The van der Waals surface area contributed by atoms with Gasteiger partial charge in [0.05, 0.1) is 6.54 Å². The van der Waals surface area contributed by atoms with E-state index in [0.717, 1.165) is 24.5 Å². The predicted molar refractivity (Wildman–Crippen MR) is 99.3 cm³/mol. The lowest BCUT2D eigenvalue weighted by Crippen LogP contribution is -2.42. The van der Waals surface area contributed by atoms with Crippen LogP contribution in [0.1, 0.15) is 61.9 Å². The highest BCUT2D eigenvalue weighted by molar-refractivity contribution is 5.94. The smallest absolute Gasteiger partial charge is 0.251 e. The summed E-state index contributed by atoms with van der Waals surface area (Å²) in [6.45, 7) is 6.24. The fourth-order valence-corrected chi connectivity index (χ4v) is 2.91. The van der Waals surface area contributed by atoms with E-state index in [1.807, 2.05) is 31.2 Å². The number of hydrogen-bond donors (Lipinski definition) is 3. The molecule has 0 spiro atoms. The number of carbonyl (C=O) groups excluding carboxylic acids is 1. The van der Waals surface area contributed by atoms with Gasteiger partial charge in [-0.25, -0.2) is 4.99 Å². The van der Waals surface area contributed by atoms with Crippen molar-refractivity contribution < 1.29 is 4.79 Å². The van der Waals surface area contributed by atoms with Gasteiger partial charge < -0.3 is 16.0 Å². The monoisotopic (exact) mass is 330 g/mol. The maximum absolute atomic E-state index is 12.1. The van der Waals surface area contributed by atoms with Crippen molar-refractivity contribution in [2.24, 2.45) is 4.99 Å². The van der Waals surface area contributed by atoms with Crippen LogP contribution in [0.3, 0.4) is 0 Å². The topological polar surface area (TPSA) is 65.5 Å². The lowest BCUT2D eigenvalue weighted by molar-refractivity contribution is 0.0953. The van der Waals surface area contributed by atoms with Crippen LogP contribution in [0, 0.1) is 0 Å². The van der Waals surface area contributed by atoms with Gasteiger partial charge in [0.15, 0.2) is 5.96 Å². The summed E-state index contributed by atoms with van der Waals surface area (Å²) < 4.78 is 0. The Hall–Kier alpha value is -2.04. The summed E-state index contributed by atoms with van der Waals surface area (Å²) in [6.07, 6.45) is 5.97. The Bertz CT molecular complexity index is 550. The number of amides is 1. The van der Waals surface area contributed by atoms with E-state index in [2.05, 4.69) is 27.9 Å². The molecule has 5 nitrogen and oxygen atoms in total. The van der Waals surface area contributed by atoms with Crippen molar-refractivity contribution in [3.05, 3.63) is 35.4 Å². The molecule has 1 aliphatic rings. The molecule has 0 heterocycles. The quantitative estimate of drug-likeness (QED) is 0.532. The first-order valence-electron chi connectivity index (χ1n) is 9.15. The summed E-state index contributed by atoms with van der Waals surface area (Å²) in [6, 6.07) is 8.24. The van der Waals surface area contributed by atoms with Gasteiger partial charge in [0.1, 0.15) is 0 Å². The second kappa shape index (κ2) is 9.96. The number of rotatable bonds is 7. The molecule has 0 aliphatic heterocycles. The molecule has 24 heavy (non-hydrogen) atoms. The van der Waals surface area contributed by atoms with E-state index in [1.54, 1.807) is 0 Å². The summed E-state index contributed by atoms with van der Waals surface area (Å²) >= 11 is 0. The Morgan fingerprint density at radius 2 is 2.00 bits per heavy atom. The number of nitrogens with zero attached hydrogens (tertiary/aromatic N) is 1. The number of guanidine groups is 1. The third-order valence-electron chi connectivity index (χ3n) is 4.18. The predicted octanol–water partition coefficient (Wildman–Crippen LogP) is 2.82. The molecular weight excluding hydrogens is 300 g/mol. The van der Waals surface area contributed by atoms with Crippen LogP contribution in [0.5, 0.6) is 0 Å². The number of benzene rings is 1. The molecule has 5 heteroatoms. The van der Waals surface area contributed by atoms with Crippen molar-refractivity contribution in [3.8, 4) is 0 Å². The zero-order valence-electron chi connectivity index (χ0n) is 14.9. The van der Waals surface area contributed by atoms with E-state index in [9.17, 15) is 4.79 Å². The van der Waals surface area contributed by atoms with Gasteiger partial charge >= 0.3 is 0 Å². The van der Waals surface area contributed by atoms with Crippen molar-refractivity contribution in [3.63, 3.8) is 0 Å². The standard InChI is InChI=1S/C19H30N4O/c1-3-12-21-18(24)16-9-7-8-15(13-16)14-22-19(20-4-2)23-17-10-5-6-11-17/h7-9,13,17H,3-6,10-12,14H2,1-2H3,(H,21,24)(H2,20,22,23). The van der Waals surface area contributed by atoms with Gasteiger partial charge in [-0.1, -0.05) is 31.9 Å². The molecule has 132 valence electrons. The van der Waals surface area contributed by atoms with E-state index in [-0.39, 0.29) is 5.91 Å². The van der Waals surface area contributed by atoms with Gasteiger partial charge in [0, 0.05) is 24.7 Å². The third kappa shape index (κ3) is 5.87. The molecule has 1 fully saturated rings. The molecule has 0 saturated heterocycles. The normalized spacial score (nSPS) is 15.3. The summed E-state index contributed by atoms with van der Waals surface area (Å²) in [5.74, 6) is 0.851. The molecule has 0 bridgehead atoms. The van der Waals surface area contributed by atoms with E-state index in [4.69, 9.17) is 0 Å². The second-order valence-corrected chi connectivity index (χ2v) is 6.28. The average molecular weight is 330 g/mol. The van der Waals surface area contributed by atoms with Crippen molar-refractivity contribution in [1.82, 2.24) is 16.0 Å². The van der Waals surface area contributed by atoms with Gasteiger partial charge in [-0.3, -0.25) is 4.79 Å². The summed E-state index contributed by atoms with van der Waals surface area (Å²) in [4.78, 5) is 16.7. The molecule has 1 amide bonds. The maximum atomic E-state index is 12.1. The van der Waals surface area contributed by atoms with Gasteiger partial charge in [0.25, 0.3) is 5.91 Å². The number of carbonyl (C=O) groups is 1. The van der Waals surface area contributed by atoms with Crippen LogP contribution in [0.4, 0.5) is 0 Å². The lowest BCUT2D eigenvalue weighted by atomic mass is 10.1. The molecule has 1 aliphatic carbocycles. The van der Waals surface area contributed by atoms with Crippen molar-refractivity contribution in [2.75, 3.05) is 13.1 Å². The van der Waals surface area contributed by atoms with Crippen LogP contribution >= 0.6 is 0 Å². The van der Waals surface area contributed by atoms with E-state index < -0.39 is 0 Å². The molecule has 1 aromatic rings. The third-order valence-corrected chi connectivity index (χ3v) is 4.18. The van der Waals surface area contributed by atoms with Crippen LogP contribution < -0.4 is 16.0 Å². The van der Waals surface area contributed by atoms with Gasteiger partial charge in [-0.05, 0) is 43.9 Å². The van der Waals surface area contributed by atoms with E-state index in [1.165, 1.54) is 25.7 Å². The minimum Gasteiger partial charge on any atom is -0.357 e. The minimum atomic E-state index is -0.0151. The van der Waals surface area contributed by atoms with Gasteiger partial charge in [-0.2, -0.15) is 0 Å². The first-order valence-corrected chi connectivity index (χ1v) is 9.15. The zero-order chi connectivity index (χ0) is 17.2. The molecule has 1 saturated carbocycles. The van der Waals surface area contributed by atoms with Crippen LogP contribution in [-0.4, -0.2) is 31.0 Å². The number of hydrogen-bond acceptors (Lipinski definition) is 2. The average Bonchev–Trinajstić information content (AvgIpc) is 3.11. The molecule has 0 aromatic heterocycles. The largest absolute Gasteiger partial charge is 0.357 e. The molecule has 3 N–H and O–H groups in total. The summed E-state index contributed by atoms with van der Waals surface area (Å²) in [5.41, 5.74) is 1.74. The molecule has 1 aromatic carbocycles. The Kier molecular flexibility index (Phi) is 7.59. The van der Waals surface area contributed by atoms with Crippen molar-refractivity contribution in [2.45, 2.75) is 58.5 Å². The second-order valence-electron chi connectivity index (χ2n) is 6.28. The Morgan fingerprint density at radius 3 is 2.71 bits per heavy atom. The van der Waals surface area contributed by atoms with Crippen LogP contribution in [0.2, 0.25) is 0 Å². The van der Waals surface area contributed by atoms with Gasteiger partial charge in [-0.15, -0.1) is 0 Å².